The molecule has 2 amide bonds. The molecule has 1 fully saturated rings. The summed E-state index contributed by atoms with van der Waals surface area (Å²) >= 11 is 0. The predicted octanol–water partition coefficient (Wildman–Crippen LogP) is 2.04. The molecule has 1 aromatic rings. The molecule has 0 spiro atoms. The van der Waals surface area contributed by atoms with Gasteiger partial charge in [-0.1, -0.05) is 31.2 Å². The van der Waals surface area contributed by atoms with Gasteiger partial charge in [0.1, 0.15) is 0 Å². The fourth-order valence-electron chi connectivity index (χ4n) is 3.64. The zero-order chi connectivity index (χ0) is 17.0. The van der Waals surface area contributed by atoms with E-state index in [9.17, 15) is 9.90 Å². The number of urea groups is 1. The predicted molar refractivity (Wildman–Crippen MR) is 94.8 cm³/mol. The third-order valence-electron chi connectivity index (χ3n) is 5.51. The summed E-state index contributed by atoms with van der Waals surface area (Å²) in [5, 5.41) is 15.8. The van der Waals surface area contributed by atoms with Crippen molar-refractivity contribution in [2.75, 3.05) is 19.6 Å². The van der Waals surface area contributed by atoms with Crippen molar-refractivity contribution in [1.29, 1.82) is 0 Å². The van der Waals surface area contributed by atoms with Gasteiger partial charge >= 0.3 is 6.03 Å². The SMILES string of the molecule is CCC(CNC(=O)NCC1(O)CCC1)N1CCc2ccccc2C1. The van der Waals surface area contributed by atoms with Crippen LogP contribution in [-0.2, 0) is 13.0 Å². The Balaban J connectivity index is 1.45. The number of amides is 2. The number of hydrogen-bond acceptors (Lipinski definition) is 3. The third kappa shape index (κ3) is 4.08. The Hall–Kier alpha value is -1.59. The summed E-state index contributed by atoms with van der Waals surface area (Å²) in [7, 11) is 0. The van der Waals surface area contributed by atoms with Gasteiger partial charge in [-0.15, -0.1) is 0 Å². The first-order valence-electron chi connectivity index (χ1n) is 9.14. The summed E-state index contributed by atoms with van der Waals surface area (Å²) < 4.78 is 0. The quantitative estimate of drug-likeness (QED) is 0.747. The maximum Gasteiger partial charge on any atom is 0.314 e. The molecule has 24 heavy (non-hydrogen) atoms. The Kier molecular flexibility index (Phi) is 5.41. The summed E-state index contributed by atoms with van der Waals surface area (Å²) in [6.07, 6.45) is 4.71. The second-order valence-electron chi connectivity index (χ2n) is 7.19. The molecule has 5 nitrogen and oxygen atoms in total. The van der Waals surface area contributed by atoms with Crippen LogP contribution in [0.4, 0.5) is 4.79 Å². The largest absolute Gasteiger partial charge is 0.388 e. The van der Waals surface area contributed by atoms with Crippen LogP contribution < -0.4 is 10.6 Å². The monoisotopic (exact) mass is 331 g/mol. The van der Waals surface area contributed by atoms with Crippen LogP contribution in [0.1, 0.15) is 43.7 Å². The molecule has 1 aliphatic heterocycles. The van der Waals surface area contributed by atoms with Gasteiger partial charge in [-0.05, 0) is 43.2 Å². The molecular weight excluding hydrogens is 302 g/mol. The van der Waals surface area contributed by atoms with Crippen molar-refractivity contribution in [1.82, 2.24) is 15.5 Å². The first-order chi connectivity index (χ1) is 11.6. The highest BCUT2D eigenvalue weighted by Crippen LogP contribution is 2.30. The zero-order valence-corrected chi connectivity index (χ0v) is 14.6. The minimum Gasteiger partial charge on any atom is -0.388 e. The molecule has 3 rings (SSSR count). The third-order valence-corrected chi connectivity index (χ3v) is 5.51. The number of aliphatic hydroxyl groups is 1. The summed E-state index contributed by atoms with van der Waals surface area (Å²) in [6.45, 7) is 5.16. The van der Waals surface area contributed by atoms with Gasteiger partial charge in [0.15, 0.2) is 0 Å². The van der Waals surface area contributed by atoms with E-state index < -0.39 is 5.60 Å². The first-order valence-corrected chi connectivity index (χ1v) is 9.14. The van der Waals surface area contributed by atoms with E-state index in [4.69, 9.17) is 0 Å². The Morgan fingerprint density at radius 3 is 2.71 bits per heavy atom. The second-order valence-corrected chi connectivity index (χ2v) is 7.19. The molecule has 0 aromatic heterocycles. The highest BCUT2D eigenvalue weighted by atomic mass is 16.3. The van der Waals surface area contributed by atoms with Crippen molar-refractivity contribution in [3.05, 3.63) is 35.4 Å². The molecule has 2 aliphatic rings. The number of fused-ring (bicyclic) bond motifs is 1. The van der Waals surface area contributed by atoms with Crippen LogP contribution in [0, 0.1) is 0 Å². The van der Waals surface area contributed by atoms with Crippen molar-refractivity contribution in [2.24, 2.45) is 0 Å². The Labute approximate surface area is 144 Å². The van der Waals surface area contributed by atoms with Crippen LogP contribution >= 0.6 is 0 Å². The van der Waals surface area contributed by atoms with Gasteiger partial charge in [0.05, 0.1) is 5.60 Å². The highest BCUT2D eigenvalue weighted by Gasteiger charge is 2.34. The van der Waals surface area contributed by atoms with Crippen molar-refractivity contribution in [3.63, 3.8) is 0 Å². The van der Waals surface area contributed by atoms with Crippen molar-refractivity contribution in [2.45, 2.75) is 57.2 Å². The molecule has 0 radical (unpaired) electrons. The molecule has 1 heterocycles. The van der Waals surface area contributed by atoms with E-state index in [-0.39, 0.29) is 6.03 Å². The molecule has 0 saturated heterocycles. The van der Waals surface area contributed by atoms with E-state index in [0.717, 1.165) is 45.2 Å². The van der Waals surface area contributed by atoms with Crippen LogP contribution in [0.5, 0.6) is 0 Å². The molecule has 1 aromatic carbocycles. The lowest BCUT2D eigenvalue weighted by Gasteiger charge is -2.37. The average Bonchev–Trinajstić information content (AvgIpc) is 2.58. The van der Waals surface area contributed by atoms with E-state index in [2.05, 4.69) is 46.7 Å². The highest BCUT2D eigenvalue weighted by molar-refractivity contribution is 5.73. The van der Waals surface area contributed by atoms with Crippen LogP contribution in [-0.4, -0.2) is 47.3 Å². The van der Waals surface area contributed by atoms with Gasteiger partial charge in [0, 0.05) is 32.2 Å². The minimum atomic E-state index is -0.669. The molecule has 3 N–H and O–H groups in total. The van der Waals surface area contributed by atoms with E-state index in [0.29, 0.717) is 19.1 Å². The van der Waals surface area contributed by atoms with Crippen LogP contribution in [0.25, 0.3) is 0 Å². The minimum absolute atomic E-state index is 0.175. The molecule has 0 bridgehead atoms. The summed E-state index contributed by atoms with van der Waals surface area (Å²) in [5.41, 5.74) is 2.18. The van der Waals surface area contributed by atoms with E-state index >= 15 is 0 Å². The maximum atomic E-state index is 12.0. The fourth-order valence-corrected chi connectivity index (χ4v) is 3.64. The van der Waals surface area contributed by atoms with Crippen molar-refractivity contribution < 1.29 is 9.90 Å². The molecular formula is C19H29N3O2. The van der Waals surface area contributed by atoms with Crippen LogP contribution in [0.15, 0.2) is 24.3 Å². The number of carbonyl (C=O) groups is 1. The summed E-state index contributed by atoms with van der Waals surface area (Å²) in [4.78, 5) is 14.4. The van der Waals surface area contributed by atoms with E-state index in [1.54, 1.807) is 0 Å². The van der Waals surface area contributed by atoms with Crippen LogP contribution in [0.2, 0.25) is 0 Å². The zero-order valence-electron chi connectivity index (χ0n) is 14.6. The normalized spacial score (nSPS) is 20.6. The second kappa shape index (κ2) is 7.53. The van der Waals surface area contributed by atoms with Gasteiger partial charge in [0.2, 0.25) is 0 Å². The fraction of sp³-hybridized carbons (Fsp3) is 0.632. The number of hydrogen-bond donors (Lipinski definition) is 3. The van der Waals surface area contributed by atoms with Crippen LogP contribution in [0.3, 0.4) is 0 Å². The molecule has 1 saturated carbocycles. The number of carbonyl (C=O) groups excluding carboxylic acids is 1. The topological polar surface area (TPSA) is 64.6 Å². The Morgan fingerprint density at radius 1 is 1.29 bits per heavy atom. The van der Waals surface area contributed by atoms with Gasteiger partial charge in [0.25, 0.3) is 0 Å². The molecule has 1 unspecified atom stereocenters. The molecule has 1 atom stereocenters. The number of benzene rings is 1. The van der Waals surface area contributed by atoms with Gasteiger partial charge in [-0.25, -0.2) is 4.79 Å². The molecule has 1 aliphatic carbocycles. The number of nitrogens with one attached hydrogen (secondary N) is 2. The van der Waals surface area contributed by atoms with Crippen molar-refractivity contribution in [3.8, 4) is 0 Å². The molecule has 5 heteroatoms. The van der Waals surface area contributed by atoms with Gasteiger partial charge < -0.3 is 15.7 Å². The summed E-state index contributed by atoms with van der Waals surface area (Å²) in [6, 6.07) is 8.79. The number of rotatable bonds is 6. The van der Waals surface area contributed by atoms with Gasteiger partial charge in [-0.3, -0.25) is 4.90 Å². The maximum absolute atomic E-state index is 12.0. The van der Waals surface area contributed by atoms with E-state index in [1.165, 1.54) is 11.1 Å². The standard InChI is InChI=1S/C19H29N3O2/c1-2-17(12-20-18(23)21-14-19(24)9-5-10-19)22-11-8-15-6-3-4-7-16(15)13-22/h3-4,6-7,17,24H,2,5,8-14H2,1H3,(H2,20,21,23). The lowest BCUT2D eigenvalue weighted by atomic mass is 9.80. The van der Waals surface area contributed by atoms with Gasteiger partial charge in [-0.2, -0.15) is 0 Å². The lowest BCUT2D eigenvalue weighted by molar-refractivity contribution is -0.0290. The lowest BCUT2D eigenvalue weighted by Crippen LogP contribution is -2.52. The summed E-state index contributed by atoms with van der Waals surface area (Å²) in [5.74, 6) is 0. The Bertz CT molecular complexity index is 571. The molecule has 132 valence electrons. The van der Waals surface area contributed by atoms with E-state index in [1.807, 2.05) is 0 Å². The van der Waals surface area contributed by atoms with Crippen molar-refractivity contribution >= 4 is 6.03 Å². The Morgan fingerprint density at radius 2 is 2.04 bits per heavy atom. The smallest absolute Gasteiger partial charge is 0.314 e. The number of nitrogens with zero attached hydrogens (tertiary/aromatic N) is 1. The average molecular weight is 331 g/mol. The first kappa shape index (κ1) is 17.2.